The largest absolute Gasteiger partial charge is 0.461 e. The molecule has 2 aliphatic rings. The Morgan fingerprint density at radius 2 is 0.750 bits per heavy atom. The van der Waals surface area contributed by atoms with Crippen LogP contribution in [-0.2, 0) is 40.7 Å². The number of ether oxygens (including phenoxy) is 2. The van der Waals surface area contributed by atoms with Gasteiger partial charge in [-0.1, -0.05) is 204 Å². The van der Waals surface area contributed by atoms with E-state index in [-0.39, 0.29) is 58.6 Å². The normalized spacial score (nSPS) is 20.9. The number of thioether (sulfide) groups is 2. The molecule has 6 aromatic rings. The van der Waals surface area contributed by atoms with Crippen molar-refractivity contribution in [3.05, 3.63) is 119 Å². The number of aromatic amines is 2. The van der Waals surface area contributed by atoms with Crippen LogP contribution in [0.3, 0.4) is 0 Å². The molecule has 0 unspecified atom stereocenters. The fourth-order valence-corrected chi connectivity index (χ4v) is 10.7. The van der Waals surface area contributed by atoms with Crippen molar-refractivity contribution in [3.8, 4) is 45.0 Å². The molecule has 0 spiro atoms. The summed E-state index contributed by atoms with van der Waals surface area (Å²) in [6.07, 6.45) is 0.237. The first kappa shape index (κ1) is 54.6. The van der Waals surface area contributed by atoms with Crippen molar-refractivity contribution in [2.75, 3.05) is 11.5 Å². The van der Waals surface area contributed by atoms with E-state index in [0.29, 0.717) is 24.3 Å². The molecule has 0 saturated carbocycles. The summed E-state index contributed by atoms with van der Waals surface area (Å²) in [5, 5.41) is 22.3. The number of esters is 2. The molecule has 4 atom stereocenters. The number of nitrogens with one attached hydrogen (secondary N) is 2. The van der Waals surface area contributed by atoms with Gasteiger partial charge in [0.25, 0.3) is 0 Å². The molecule has 2 aromatic heterocycles. The monoisotopic (exact) mass is 1010 g/mol. The highest BCUT2D eigenvalue weighted by atomic mass is 32.2. The summed E-state index contributed by atoms with van der Waals surface area (Å²) in [5.41, 5.74) is 11.4. The summed E-state index contributed by atoms with van der Waals surface area (Å²) in [7, 11) is 0. The molecule has 4 heterocycles. The van der Waals surface area contributed by atoms with Crippen LogP contribution in [0.5, 0.6) is 0 Å². The molecule has 12 heteroatoms. The number of carbonyl (C=O) groups excluding carboxylic acids is 2. The minimum absolute atomic E-state index is 0.0400. The molecule has 0 radical (unpaired) electrons. The summed E-state index contributed by atoms with van der Waals surface area (Å²) in [6, 6.07) is 34.6. The van der Waals surface area contributed by atoms with Crippen LogP contribution in [0.2, 0.25) is 0 Å². The zero-order valence-electron chi connectivity index (χ0n) is 44.9. The molecule has 384 valence electrons. The zero-order valence-corrected chi connectivity index (χ0v) is 46.5. The number of aromatic nitrogens is 4. The minimum atomic E-state index is -1.02. The van der Waals surface area contributed by atoms with E-state index < -0.39 is 11.2 Å². The fraction of sp³-hybridized carbons (Fsp3) is 0.467. The molecule has 2 saturated heterocycles. The van der Waals surface area contributed by atoms with Gasteiger partial charge in [0, 0.05) is 46.6 Å². The molecule has 0 amide bonds. The van der Waals surface area contributed by atoms with E-state index in [1.54, 1.807) is 13.8 Å². The maximum Gasteiger partial charge on any atom is 0.309 e. The van der Waals surface area contributed by atoms with Crippen molar-refractivity contribution in [3.63, 3.8) is 0 Å². The van der Waals surface area contributed by atoms with Crippen LogP contribution in [0.4, 0.5) is 0 Å². The highest BCUT2D eigenvalue weighted by molar-refractivity contribution is 7.99. The third kappa shape index (κ3) is 14.1. The van der Waals surface area contributed by atoms with E-state index in [1.807, 2.05) is 0 Å². The number of aliphatic hydroxyl groups is 2. The van der Waals surface area contributed by atoms with Crippen molar-refractivity contribution in [1.29, 1.82) is 0 Å². The van der Waals surface area contributed by atoms with E-state index in [9.17, 15) is 19.8 Å². The van der Waals surface area contributed by atoms with E-state index in [1.165, 1.54) is 45.8 Å². The van der Waals surface area contributed by atoms with Crippen molar-refractivity contribution in [2.45, 2.75) is 178 Å². The number of hydrogen-bond donors (Lipinski definition) is 4. The van der Waals surface area contributed by atoms with Crippen LogP contribution >= 0.6 is 23.5 Å². The third-order valence-electron chi connectivity index (χ3n) is 13.3. The Labute approximate surface area is 436 Å². The van der Waals surface area contributed by atoms with Gasteiger partial charge in [0.05, 0.1) is 46.8 Å². The van der Waals surface area contributed by atoms with Gasteiger partial charge < -0.3 is 29.7 Å². The first-order chi connectivity index (χ1) is 33.4. The first-order valence-electron chi connectivity index (χ1n) is 25.2. The number of carbonyl (C=O) groups is 2. The Hall–Kier alpha value is -5.14. The fourth-order valence-electron chi connectivity index (χ4n) is 9.02. The molecule has 72 heavy (non-hydrogen) atoms. The second-order valence-electron chi connectivity index (χ2n) is 24.4. The van der Waals surface area contributed by atoms with Gasteiger partial charge >= 0.3 is 11.9 Å². The van der Waals surface area contributed by atoms with Crippen LogP contribution in [0.15, 0.2) is 107 Å². The van der Waals surface area contributed by atoms with Crippen LogP contribution in [0.25, 0.3) is 45.0 Å². The van der Waals surface area contributed by atoms with Gasteiger partial charge in [0.1, 0.15) is 12.2 Å². The van der Waals surface area contributed by atoms with Crippen molar-refractivity contribution in [2.24, 2.45) is 0 Å². The second-order valence-corrected chi connectivity index (χ2v) is 26.5. The van der Waals surface area contributed by atoms with Gasteiger partial charge in [-0.25, -0.2) is 9.97 Å². The number of benzene rings is 4. The number of H-pyrrole nitrogens is 2. The smallest absolute Gasteiger partial charge is 0.309 e. The van der Waals surface area contributed by atoms with E-state index in [0.717, 1.165) is 55.3 Å². The summed E-state index contributed by atoms with van der Waals surface area (Å²) < 4.78 is 11.0. The molecular formula is C60H76N4O6S2. The molecule has 2 fully saturated rings. The molecule has 8 rings (SSSR count). The summed E-state index contributed by atoms with van der Waals surface area (Å²) >= 11 is 3.03. The average Bonchev–Trinajstić information content (AvgIpc) is 3.91. The number of cyclic esters (lactones) is 2. The predicted octanol–water partition coefficient (Wildman–Crippen LogP) is 13.8. The lowest BCUT2D eigenvalue weighted by atomic mass is 9.86. The van der Waals surface area contributed by atoms with Crippen molar-refractivity contribution >= 4 is 35.5 Å². The van der Waals surface area contributed by atoms with Crippen LogP contribution in [-0.4, -0.2) is 77.0 Å². The molecular weight excluding hydrogens is 937 g/mol. The summed E-state index contributed by atoms with van der Waals surface area (Å²) in [5.74, 6) is 0.353. The van der Waals surface area contributed by atoms with E-state index in [4.69, 9.17) is 19.4 Å². The Bertz CT molecular complexity index is 2470. The SMILES string of the molecule is CC(C)(C)c1ccc(-c2nc(SC[C@H]3C[C@@](C)(O)CC(=O)O3)[nH]c2-c2ccc(C(C)(C)C)cc2)cc1.CC(C)(C)c1ccc(-c2nc(SC[C@H]3C[C@](C)(O)CC(=O)O3)[nH]c2-c2ccc(C(C)(C)C)cc2)cc1. The van der Waals surface area contributed by atoms with Crippen LogP contribution < -0.4 is 0 Å². The molecule has 4 N–H and O–H groups in total. The summed E-state index contributed by atoms with van der Waals surface area (Å²) in [6.45, 7) is 29.9. The average molecular weight is 1010 g/mol. The van der Waals surface area contributed by atoms with E-state index >= 15 is 0 Å². The van der Waals surface area contributed by atoms with Crippen LogP contribution in [0.1, 0.15) is 145 Å². The highest BCUT2D eigenvalue weighted by Crippen LogP contribution is 2.39. The van der Waals surface area contributed by atoms with Crippen molar-refractivity contribution < 1.29 is 29.3 Å². The Morgan fingerprint density at radius 3 is 1.00 bits per heavy atom. The van der Waals surface area contributed by atoms with Gasteiger partial charge in [0.2, 0.25) is 0 Å². The topological polar surface area (TPSA) is 150 Å². The molecule has 2 aliphatic heterocycles. The predicted molar refractivity (Wildman–Crippen MR) is 295 cm³/mol. The minimum Gasteiger partial charge on any atom is -0.461 e. The van der Waals surface area contributed by atoms with Gasteiger partial charge in [-0.05, 0) is 57.8 Å². The number of nitrogens with zero attached hydrogens (tertiary/aromatic N) is 2. The Kier molecular flexibility index (Phi) is 15.9. The quantitative estimate of drug-likeness (QED) is 0.0771. The van der Waals surface area contributed by atoms with E-state index in [2.05, 4.69) is 190 Å². The first-order valence-corrected chi connectivity index (χ1v) is 27.1. The number of hydrogen-bond acceptors (Lipinski definition) is 10. The Morgan fingerprint density at radius 1 is 0.486 bits per heavy atom. The maximum absolute atomic E-state index is 11.9. The highest BCUT2D eigenvalue weighted by Gasteiger charge is 2.37. The molecule has 4 aromatic carbocycles. The zero-order chi connectivity index (χ0) is 52.6. The lowest BCUT2D eigenvalue weighted by molar-refractivity contribution is -0.167. The summed E-state index contributed by atoms with van der Waals surface area (Å²) in [4.78, 5) is 40.8. The maximum atomic E-state index is 11.9. The van der Waals surface area contributed by atoms with Gasteiger partial charge in [-0.3, -0.25) is 9.59 Å². The molecule has 10 nitrogen and oxygen atoms in total. The van der Waals surface area contributed by atoms with Gasteiger partial charge in [0.15, 0.2) is 10.3 Å². The van der Waals surface area contributed by atoms with Crippen molar-refractivity contribution in [1.82, 2.24) is 19.9 Å². The molecule has 0 bridgehead atoms. The van der Waals surface area contributed by atoms with Crippen LogP contribution in [0, 0.1) is 0 Å². The number of rotatable bonds is 10. The van der Waals surface area contributed by atoms with Gasteiger partial charge in [-0.2, -0.15) is 0 Å². The molecule has 0 aliphatic carbocycles. The standard InChI is InChI=1S/2C30H38N2O3S/c2*1-28(2,3)21-12-8-19(9-13-21)25-26(20-10-14-22(15-11-20)29(4,5)6)32-27(31-25)36-18-23-16-30(7,34)17-24(33)35-23/h2*8-15,23,34H,16-18H2,1-7H3,(H,31,32)/t23-,30+;23-,30-/m11/s1. The third-order valence-corrected chi connectivity index (χ3v) is 15.3. The lowest BCUT2D eigenvalue weighted by Gasteiger charge is -2.32. The second kappa shape index (κ2) is 21.0. The van der Waals surface area contributed by atoms with Gasteiger partial charge in [-0.15, -0.1) is 0 Å². The number of imidazole rings is 2. The lowest BCUT2D eigenvalue weighted by Crippen LogP contribution is -2.42. The Balaban J connectivity index is 0.000000211.